The molecule has 1 spiro atoms. The number of benzene rings is 2. The summed E-state index contributed by atoms with van der Waals surface area (Å²) in [5, 5.41) is 0. The Hall–Kier alpha value is -4.64. The number of aromatic nitrogens is 3. The summed E-state index contributed by atoms with van der Waals surface area (Å²) in [7, 11) is 0. The maximum atomic E-state index is 13.6. The lowest BCUT2D eigenvalue weighted by Crippen LogP contribution is -2.43. The average molecular weight is 438 g/mol. The van der Waals surface area contributed by atoms with Crippen LogP contribution in [-0.2, 0) is 5.41 Å². The largest absolute Gasteiger partial charge is 0.289 e. The number of para-hydroxylation sites is 1. The fraction of sp³-hybridized carbons (Fsp3) is 0.0345. The first-order valence-corrected chi connectivity index (χ1v) is 11.2. The molecule has 0 atom stereocenters. The summed E-state index contributed by atoms with van der Waals surface area (Å²) >= 11 is 0. The molecule has 0 amide bonds. The van der Waals surface area contributed by atoms with Gasteiger partial charge in [0, 0.05) is 58.3 Å². The van der Waals surface area contributed by atoms with Crippen molar-refractivity contribution in [2.24, 2.45) is 0 Å². The van der Waals surface area contributed by atoms with E-state index in [2.05, 4.69) is 40.2 Å². The molecule has 0 N–H and O–H groups in total. The van der Waals surface area contributed by atoms with Crippen LogP contribution in [0.1, 0.15) is 38.2 Å². The number of carbonyl (C=O) groups is 1. The van der Waals surface area contributed by atoms with Crippen LogP contribution >= 0.6 is 0 Å². The molecule has 1 aliphatic heterocycles. The predicted octanol–water partition coefficient (Wildman–Crippen LogP) is 5.58. The summed E-state index contributed by atoms with van der Waals surface area (Å²) in [5.41, 5.74) is 5.33. The topological polar surface area (TPSA) is 59.0 Å². The highest BCUT2D eigenvalue weighted by molar-refractivity contribution is 6.14. The van der Waals surface area contributed by atoms with Gasteiger partial charge in [-0.3, -0.25) is 14.7 Å². The molecule has 7 rings (SSSR count). The highest BCUT2D eigenvalue weighted by atomic mass is 16.1. The lowest BCUT2D eigenvalue weighted by molar-refractivity contribution is 0.103. The van der Waals surface area contributed by atoms with Crippen molar-refractivity contribution in [2.75, 3.05) is 4.90 Å². The SMILES string of the molecule is O=C1c2ccccc2C2(c3cnccc31)c1cccnc1N(c1ccccc1)c1ncccc12. The van der Waals surface area contributed by atoms with Crippen LogP contribution in [0.5, 0.6) is 0 Å². The van der Waals surface area contributed by atoms with E-state index in [9.17, 15) is 4.79 Å². The van der Waals surface area contributed by atoms with E-state index < -0.39 is 5.41 Å². The quantitative estimate of drug-likeness (QED) is 0.335. The van der Waals surface area contributed by atoms with Crippen LogP contribution in [0, 0.1) is 0 Å². The van der Waals surface area contributed by atoms with Gasteiger partial charge in [-0.05, 0) is 35.9 Å². The minimum absolute atomic E-state index is 0.0139. The molecule has 1 aliphatic carbocycles. The van der Waals surface area contributed by atoms with Crippen LogP contribution in [0.2, 0.25) is 0 Å². The van der Waals surface area contributed by atoms with E-state index in [1.54, 1.807) is 18.6 Å². The summed E-state index contributed by atoms with van der Waals surface area (Å²) < 4.78 is 0. The van der Waals surface area contributed by atoms with E-state index in [1.807, 2.05) is 60.8 Å². The molecule has 5 nitrogen and oxygen atoms in total. The molecule has 0 fully saturated rings. The van der Waals surface area contributed by atoms with Gasteiger partial charge in [0.15, 0.2) is 5.78 Å². The highest BCUT2D eigenvalue weighted by Crippen LogP contribution is 2.58. The van der Waals surface area contributed by atoms with Gasteiger partial charge in [-0.15, -0.1) is 0 Å². The Bertz CT molecular complexity index is 1500. The number of ketones is 1. The van der Waals surface area contributed by atoms with Gasteiger partial charge in [0.1, 0.15) is 11.6 Å². The molecule has 3 aromatic heterocycles. The summed E-state index contributed by atoms with van der Waals surface area (Å²) in [4.78, 5) is 29.9. The lowest BCUT2D eigenvalue weighted by atomic mass is 9.59. The van der Waals surface area contributed by atoms with Crippen LogP contribution in [0.15, 0.2) is 110 Å². The Morgan fingerprint density at radius 1 is 0.588 bits per heavy atom. The zero-order valence-electron chi connectivity index (χ0n) is 18.1. The molecule has 5 aromatic rings. The van der Waals surface area contributed by atoms with Crippen molar-refractivity contribution in [3.8, 4) is 0 Å². The molecular weight excluding hydrogens is 420 g/mol. The van der Waals surface area contributed by atoms with E-state index in [-0.39, 0.29) is 5.78 Å². The zero-order valence-corrected chi connectivity index (χ0v) is 18.1. The van der Waals surface area contributed by atoms with Gasteiger partial charge < -0.3 is 0 Å². The molecule has 0 unspecified atom stereocenters. The van der Waals surface area contributed by atoms with Crippen LogP contribution < -0.4 is 4.90 Å². The summed E-state index contributed by atoms with van der Waals surface area (Å²) in [6.07, 6.45) is 7.13. The molecule has 34 heavy (non-hydrogen) atoms. The third-order valence-electron chi connectivity index (χ3n) is 6.86. The number of fused-ring (bicyclic) bond motifs is 8. The molecule has 0 radical (unpaired) electrons. The summed E-state index contributed by atoms with van der Waals surface area (Å²) in [6, 6.07) is 28.0. The maximum Gasteiger partial charge on any atom is 0.193 e. The number of pyridine rings is 3. The second-order valence-electron chi connectivity index (χ2n) is 8.47. The van der Waals surface area contributed by atoms with Gasteiger partial charge in [0.2, 0.25) is 0 Å². The van der Waals surface area contributed by atoms with Gasteiger partial charge >= 0.3 is 0 Å². The molecule has 2 aromatic carbocycles. The first kappa shape index (κ1) is 18.9. The fourth-order valence-electron chi connectivity index (χ4n) is 5.57. The van der Waals surface area contributed by atoms with Crippen molar-refractivity contribution in [1.29, 1.82) is 0 Å². The Morgan fingerprint density at radius 2 is 1.21 bits per heavy atom. The van der Waals surface area contributed by atoms with Crippen molar-refractivity contribution < 1.29 is 4.79 Å². The number of hydrogen-bond donors (Lipinski definition) is 0. The van der Waals surface area contributed by atoms with E-state index in [1.165, 1.54) is 0 Å². The number of nitrogens with zero attached hydrogens (tertiary/aromatic N) is 4. The van der Waals surface area contributed by atoms with E-state index >= 15 is 0 Å². The molecular formula is C29H18N4O. The first-order chi connectivity index (χ1) is 16.8. The summed E-state index contributed by atoms with van der Waals surface area (Å²) in [6.45, 7) is 0. The maximum absolute atomic E-state index is 13.6. The molecule has 5 heteroatoms. The molecule has 4 heterocycles. The van der Waals surface area contributed by atoms with Gasteiger partial charge in [0.25, 0.3) is 0 Å². The Balaban J connectivity index is 1.69. The monoisotopic (exact) mass is 438 g/mol. The van der Waals surface area contributed by atoms with Gasteiger partial charge in [0.05, 0.1) is 5.41 Å². The minimum Gasteiger partial charge on any atom is -0.289 e. The van der Waals surface area contributed by atoms with E-state index in [4.69, 9.17) is 9.97 Å². The lowest BCUT2D eigenvalue weighted by Gasteiger charge is -2.47. The first-order valence-electron chi connectivity index (χ1n) is 11.2. The molecule has 0 saturated carbocycles. The van der Waals surface area contributed by atoms with E-state index in [0.717, 1.165) is 39.6 Å². The van der Waals surface area contributed by atoms with Crippen LogP contribution in [0.3, 0.4) is 0 Å². The van der Waals surface area contributed by atoms with Crippen molar-refractivity contribution in [1.82, 2.24) is 15.0 Å². The number of rotatable bonds is 1. The number of carbonyl (C=O) groups excluding carboxylic acids is 1. The minimum atomic E-state index is -0.771. The van der Waals surface area contributed by atoms with Gasteiger partial charge in [-0.1, -0.05) is 54.6 Å². The van der Waals surface area contributed by atoms with Crippen molar-refractivity contribution in [3.63, 3.8) is 0 Å². The Morgan fingerprint density at radius 3 is 1.94 bits per heavy atom. The Labute approximate surface area is 196 Å². The normalized spacial score (nSPS) is 14.7. The van der Waals surface area contributed by atoms with Crippen molar-refractivity contribution >= 4 is 23.1 Å². The van der Waals surface area contributed by atoms with Crippen LogP contribution in [0.4, 0.5) is 17.3 Å². The molecule has 2 aliphatic rings. The second kappa shape index (κ2) is 6.93. The molecule has 0 bridgehead atoms. The third kappa shape index (κ3) is 2.28. The fourth-order valence-corrected chi connectivity index (χ4v) is 5.57. The molecule has 0 saturated heterocycles. The van der Waals surface area contributed by atoms with Crippen LogP contribution in [-0.4, -0.2) is 20.7 Å². The number of anilines is 3. The standard InChI is InChI=1S/C29H18N4O/c34-26-20-10-4-5-11-22(20)29(25-18-30-17-14-21(25)26)23-12-6-15-31-27(23)33(19-8-2-1-3-9-19)28-24(29)13-7-16-32-28/h1-18H. The van der Waals surface area contributed by atoms with Crippen LogP contribution in [0.25, 0.3) is 0 Å². The average Bonchev–Trinajstić information content (AvgIpc) is 2.91. The van der Waals surface area contributed by atoms with Crippen molar-refractivity contribution in [2.45, 2.75) is 5.41 Å². The van der Waals surface area contributed by atoms with Gasteiger partial charge in [-0.2, -0.15) is 0 Å². The zero-order chi connectivity index (χ0) is 22.7. The number of hydrogen-bond acceptors (Lipinski definition) is 5. The molecule has 160 valence electrons. The Kier molecular flexibility index (Phi) is 3.85. The van der Waals surface area contributed by atoms with E-state index in [0.29, 0.717) is 11.1 Å². The van der Waals surface area contributed by atoms with Gasteiger partial charge in [-0.25, -0.2) is 9.97 Å². The smallest absolute Gasteiger partial charge is 0.193 e. The highest BCUT2D eigenvalue weighted by Gasteiger charge is 2.52. The predicted molar refractivity (Wildman–Crippen MR) is 130 cm³/mol. The second-order valence-corrected chi connectivity index (χ2v) is 8.47. The third-order valence-corrected chi connectivity index (χ3v) is 6.86. The summed E-state index contributed by atoms with van der Waals surface area (Å²) in [5.74, 6) is 1.60. The van der Waals surface area contributed by atoms with Crippen molar-refractivity contribution in [3.05, 3.63) is 143 Å².